The van der Waals surface area contributed by atoms with Crippen molar-refractivity contribution in [2.75, 3.05) is 18.4 Å². The van der Waals surface area contributed by atoms with Gasteiger partial charge in [0.2, 0.25) is 5.91 Å². The molecule has 21 heavy (non-hydrogen) atoms. The lowest BCUT2D eigenvalue weighted by atomic mass is 9.84. The Kier molecular flexibility index (Phi) is 3.92. The van der Waals surface area contributed by atoms with Gasteiger partial charge in [-0.2, -0.15) is 0 Å². The molecule has 1 fully saturated rings. The molecule has 1 N–H and O–H groups in total. The summed E-state index contributed by atoms with van der Waals surface area (Å²) in [5.41, 5.74) is 2.31. The number of nitrogens with one attached hydrogen (secondary N) is 1. The number of hydrogen-bond acceptors (Lipinski definition) is 2. The Hall–Kier alpha value is -1.51. The van der Waals surface area contributed by atoms with E-state index in [1.807, 2.05) is 12.1 Å². The third-order valence-corrected chi connectivity index (χ3v) is 5.27. The Bertz CT molecular complexity index is 528. The molecule has 2 heterocycles. The Balaban J connectivity index is 1.82. The maximum Gasteiger partial charge on any atom is 0.230 e. The minimum Gasteiger partial charge on any atom is -0.382 e. The van der Waals surface area contributed by atoms with Gasteiger partial charge in [-0.15, -0.1) is 0 Å². The summed E-state index contributed by atoms with van der Waals surface area (Å²) in [6.07, 6.45) is 2.03. The van der Waals surface area contributed by atoms with Crippen LogP contribution in [0.3, 0.4) is 0 Å². The summed E-state index contributed by atoms with van der Waals surface area (Å²) >= 11 is 0. The van der Waals surface area contributed by atoms with Gasteiger partial charge >= 0.3 is 0 Å². The summed E-state index contributed by atoms with van der Waals surface area (Å²) in [6.45, 7) is 8.57. The third-order valence-electron chi connectivity index (χ3n) is 5.27. The van der Waals surface area contributed by atoms with Gasteiger partial charge in [0.25, 0.3) is 0 Å². The molecule has 2 aliphatic heterocycles. The van der Waals surface area contributed by atoms with Crippen molar-refractivity contribution in [3.05, 3.63) is 29.8 Å². The largest absolute Gasteiger partial charge is 0.382 e. The first kappa shape index (κ1) is 14.4. The van der Waals surface area contributed by atoms with Gasteiger partial charge in [0, 0.05) is 24.8 Å². The average molecular weight is 286 g/mol. The van der Waals surface area contributed by atoms with Gasteiger partial charge < -0.3 is 10.2 Å². The van der Waals surface area contributed by atoms with Gasteiger partial charge in [0.1, 0.15) is 0 Å². The van der Waals surface area contributed by atoms with Crippen LogP contribution in [0.4, 0.5) is 5.69 Å². The van der Waals surface area contributed by atoms with Crippen molar-refractivity contribution in [3.63, 3.8) is 0 Å². The second kappa shape index (κ2) is 5.70. The Morgan fingerprint density at radius 2 is 1.95 bits per heavy atom. The van der Waals surface area contributed by atoms with Crippen LogP contribution in [0.15, 0.2) is 24.3 Å². The molecule has 2 aliphatic rings. The molecule has 3 heteroatoms. The summed E-state index contributed by atoms with van der Waals surface area (Å²) in [5, 5.41) is 3.49. The van der Waals surface area contributed by atoms with Gasteiger partial charge in [-0.25, -0.2) is 0 Å². The number of hydrogen-bond donors (Lipinski definition) is 1. The topological polar surface area (TPSA) is 32.3 Å². The molecular weight excluding hydrogens is 260 g/mol. The number of piperidine rings is 1. The molecule has 1 saturated heterocycles. The van der Waals surface area contributed by atoms with E-state index in [0.29, 0.717) is 17.9 Å². The zero-order valence-electron chi connectivity index (χ0n) is 13.3. The van der Waals surface area contributed by atoms with Crippen LogP contribution in [0.5, 0.6) is 0 Å². The molecule has 0 radical (unpaired) electrons. The first-order valence-corrected chi connectivity index (χ1v) is 8.20. The van der Waals surface area contributed by atoms with E-state index < -0.39 is 0 Å². The van der Waals surface area contributed by atoms with E-state index in [2.05, 4.69) is 43.1 Å². The Labute approximate surface area is 127 Å². The van der Waals surface area contributed by atoms with Crippen LogP contribution in [-0.4, -0.2) is 29.9 Å². The summed E-state index contributed by atoms with van der Waals surface area (Å²) < 4.78 is 0. The minimum absolute atomic E-state index is 0.0260. The third kappa shape index (κ3) is 2.78. The van der Waals surface area contributed by atoms with Crippen molar-refractivity contribution in [1.82, 2.24) is 4.90 Å². The highest BCUT2D eigenvalue weighted by Gasteiger charge is 2.34. The molecule has 1 aromatic carbocycles. The fraction of sp³-hybridized carbons (Fsp3) is 0.611. The predicted molar refractivity (Wildman–Crippen MR) is 86.4 cm³/mol. The molecule has 0 aromatic heterocycles. The molecule has 0 bridgehead atoms. The van der Waals surface area contributed by atoms with Crippen molar-refractivity contribution >= 4 is 11.6 Å². The summed E-state index contributed by atoms with van der Waals surface area (Å²) in [7, 11) is 0. The van der Waals surface area contributed by atoms with Crippen LogP contribution < -0.4 is 5.32 Å². The predicted octanol–water partition coefficient (Wildman–Crippen LogP) is 3.48. The lowest BCUT2D eigenvalue weighted by Gasteiger charge is -2.39. The van der Waals surface area contributed by atoms with Crippen molar-refractivity contribution in [2.45, 2.75) is 45.6 Å². The quantitative estimate of drug-likeness (QED) is 0.857. The first-order valence-electron chi connectivity index (χ1n) is 8.20. The van der Waals surface area contributed by atoms with Crippen LogP contribution in [0.2, 0.25) is 0 Å². The van der Waals surface area contributed by atoms with E-state index in [4.69, 9.17) is 0 Å². The molecule has 0 spiro atoms. The maximum absolute atomic E-state index is 13.0. The highest BCUT2D eigenvalue weighted by Crippen LogP contribution is 2.36. The lowest BCUT2D eigenvalue weighted by Crippen LogP contribution is -2.45. The molecule has 114 valence electrons. The number of likely N-dealkylation sites (tertiary alicyclic amines) is 1. The standard InChI is InChI=1S/C18H26N2O/c1-12-8-9-20(11-13(12)2)18(21)16-10-14(3)19-17-7-5-4-6-15(16)17/h4-7,12-14,16,19H,8-11H2,1-3H3. The summed E-state index contributed by atoms with van der Waals surface area (Å²) in [4.78, 5) is 15.1. The number of benzene rings is 1. The highest BCUT2D eigenvalue weighted by atomic mass is 16.2. The van der Waals surface area contributed by atoms with Crippen molar-refractivity contribution in [3.8, 4) is 0 Å². The lowest BCUT2D eigenvalue weighted by molar-refractivity contribution is -0.135. The van der Waals surface area contributed by atoms with E-state index in [0.717, 1.165) is 37.5 Å². The molecule has 0 aliphatic carbocycles. The van der Waals surface area contributed by atoms with Gasteiger partial charge in [0.05, 0.1) is 5.92 Å². The number of rotatable bonds is 1. The SMILES string of the molecule is CC1CC(C(=O)N2CCC(C)C(C)C2)c2ccccc2N1. The zero-order chi connectivity index (χ0) is 15.0. The van der Waals surface area contributed by atoms with Crippen LogP contribution in [-0.2, 0) is 4.79 Å². The van der Waals surface area contributed by atoms with Crippen LogP contribution >= 0.6 is 0 Å². The fourth-order valence-electron chi connectivity index (χ4n) is 3.65. The molecule has 3 rings (SSSR count). The molecule has 1 aromatic rings. The van der Waals surface area contributed by atoms with Crippen molar-refractivity contribution in [2.24, 2.45) is 11.8 Å². The number of carbonyl (C=O) groups excluding carboxylic acids is 1. The highest BCUT2D eigenvalue weighted by molar-refractivity contribution is 5.86. The smallest absolute Gasteiger partial charge is 0.230 e. The van der Waals surface area contributed by atoms with Gasteiger partial charge in [-0.05, 0) is 43.2 Å². The van der Waals surface area contributed by atoms with Gasteiger partial charge in [-0.1, -0.05) is 32.0 Å². The zero-order valence-corrected chi connectivity index (χ0v) is 13.3. The van der Waals surface area contributed by atoms with Gasteiger partial charge in [0.15, 0.2) is 0 Å². The van der Waals surface area contributed by atoms with Crippen LogP contribution in [0, 0.1) is 11.8 Å². The normalized spacial score (nSPS) is 32.2. The Morgan fingerprint density at radius 3 is 2.71 bits per heavy atom. The molecule has 4 atom stereocenters. The number of carbonyl (C=O) groups is 1. The van der Waals surface area contributed by atoms with E-state index in [9.17, 15) is 4.79 Å². The fourth-order valence-corrected chi connectivity index (χ4v) is 3.65. The number of para-hydroxylation sites is 1. The van der Waals surface area contributed by atoms with E-state index in [1.54, 1.807) is 0 Å². The average Bonchev–Trinajstić information content (AvgIpc) is 2.48. The van der Waals surface area contributed by atoms with Crippen LogP contribution in [0.25, 0.3) is 0 Å². The Morgan fingerprint density at radius 1 is 1.19 bits per heavy atom. The molecular formula is C18H26N2O. The maximum atomic E-state index is 13.0. The second-order valence-corrected chi connectivity index (χ2v) is 6.95. The number of amides is 1. The van der Waals surface area contributed by atoms with E-state index >= 15 is 0 Å². The number of anilines is 1. The number of fused-ring (bicyclic) bond motifs is 1. The summed E-state index contributed by atoms with van der Waals surface area (Å²) in [6, 6.07) is 8.63. The van der Waals surface area contributed by atoms with E-state index in [1.165, 1.54) is 5.56 Å². The van der Waals surface area contributed by atoms with E-state index in [-0.39, 0.29) is 5.92 Å². The van der Waals surface area contributed by atoms with Crippen molar-refractivity contribution in [1.29, 1.82) is 0 Å². The van der Waals surface area contributed by atoms with Crippen LogP contribution in [0.1, 0.15) is 45.1 Å². The molecule has 3 nitrogen and oxygen atoms in total. The second-order valence-electron chi connectivity index (χ2n) is 6.95. The first-order chi connectivity index (χ1) is 10.1. The number of nitrogens with zero attached hydrogens (tertiary/aromatic N) is 1. The molecule has 1 amide bonds. The van der Waals surface area contributed by atoms with Crippen molar-refractivity contribution < 1.29 is 4.79 Å². The minimum atomic E-state index is 0.0260. The molecule has 0 saturated carbocycles. The summed E-state index contributed by atoms with van der Waals surface area (Å²) in [5.74, 6) is 1.69. The monoisotopic (exact) mass is 286 g/mol. The molecule has 4 unspecified atom stereocenters. The van der Waals surface area contributed by atoms with Gasteiger partial charge in [-0.3, -0.25) is 4.79 Å².